The Bertz CT molecular complexity index is 387. The fraction of sp³-hybridized carbons (Fsp3) is 0.636. The molecular formula is C11H19N3O2. The van der Waals surface area contributed by atoms with Crippen molar-refractivity contribution in [1.82, 2.24) is 9.97 Å². The topological polar surface area (TPSA) is 69.2 Å². The molecule has 0 aliphatic heterocycles. The first-order valence-corrected chi connectivity index (χ1v) is 5.55. The summed E-state index contributed by atoms with van der Waals surface area (Å²) in [5.74, 6) is 1.49. The predicted molar refractivity (Wildman–Crippen MR) is 63.9 cm³/mol. The van der Waals surface area contributed by atoms with Gasteiger partial charge in [0.05, 0.1) is 6.61 Å². The SMILES string of the molecule is CCN(CCO)c1cc(=O)[nH]c(C(C)C)n1. The summed E-state index contributed by atoms with van der Waals surface area (Å²) in [6.07, 6.45) is 0. The molecule has 0 aliphatic rings. The molecule has 0 fully saturated rings. The quantitative estimate of drug-likeness (QED) is 0.774. The summed E-state index contributed by atoms with van der Waals surface area (Å²) >= 11 is 0. The summed E-state index contributed by atoms with van der Waals surface area (Å²) in [6, 6.07) is 1.46. The van der Waals surface area contributed by atoms with E-state index in [0.717, 1.165) is 0 Å². The molecule has 16 heavy (non-hydrogen) atoms. The van der Waals surface area contributed by atoms with Gasteiger partial charge in [-0.15, -0.1) is 0 Å². The number of H-pyrrole nitrogens is 1. The van der Waals surface area contributed by atoms with Crippen LogP contribution in [0.25, 0.3) is 0 Å². The van der Waals surface area contributed by atoms with Gasteiger partial charge in [-0.1, -0.05) is 13.8 Å². The summed E-state index contributed by atoms with van der Waals surface area (Å²) in [5, 5.41) is 8.92. The third-order valence-electron chi connectivity index (χ3n) is 2.37. The van der Waals surface area contributed by atoms with Gasteiger partial charge in [0.15, 0.2) is 0 Å². The van der Waals surface area contributed by atoms with Crippen LogP contribution in [0.2, 0.25) is 0 Å². The van der Waals surface area contributed by atoms with E-state index in [1.54, 1.807) is 0 Å². The molecule has 0 radical (unpaired) electrons. The lowest BCUT2D eigenvalue weighted by molar-refractivity contribution is 0.302. The highest BCUT2D eigenvalue weighted by atomic mass is 16.3. The lowest BCUT2D eigenvalue weighted by Crippen LogP contribution is -2.29. The lowest BCUT2D eigenvalue weighted by Gasteiger charge is -2.21. The number of nitrogens with one attached hydrogen (secondary N) is 1. The van der Waals surface area contributed by atoms with E-state index in [1.807, 2.05) is 25.7 Å². The second-order valence-electron chi connectivity index (χ2n) is 3.95. The number of anilines is 1. The van der Waals surface area contributed by atoms with E-state index in [4.69, 9.17) is 5.11 Å². The number of hydrogen-bond acceptors (Lipinski definition) is 4. The van der Waals surface area contributed by atoms with Crippen molar-refractivity contribution in [2.45, 2.75) is 26.7 Å². The fourth-order valence-corrected chi connectivity index (χ4v) is 1.45. The van der Waals surface area contributed by atoms with Crippen molar-refractivity contribution in [2.75, 3.05) is 24.6 Å². The molecule has 0 spiro atoms. The second-order valence-corrected chi connectivity index (χ2v) is 3.95. The minimum absolute atomic E-state index is 0.0549. The van der Waals surface area contributed by atoms with Gasteiger partial charge in [0.2, 0.25) is 0 Å². The lowest BCUT2D eigenvalue weighted by atomic mass is 10.2. The Balaban J connectivity index is 3.07. The van der Waals surface area contributed by atoms with E-state index in [1.165, 1.54) is 6.07 Å². The van der Waals surface area contributed by atoms with Crippen LogP contribution < -0.4 is 10.5 Å². The van der Waals surface area contributed by atoms with Crippen LogP contribution in [0.4, 0.5) is 5.82 Å². The van der Waals surface area contributed by atoms with E-state index in [9.17, 15) is 4.79 Å². The highest BCUT2D eigenvalue weighted by Crippen LogP contribution is 2.12. The molecule has 1 aromatic rings. The molecule has 0 atom stereocenters. The van der Waals surface area contributed by atoms with Crippen LogP contribution in [0.5, 0.6) is 0 Å². The zero-order chi connectivity index (χ0) is 12.1. The van der Waals surface area contributed by atoms with Crippen LogP contribution in [-0.2, 0) is 0 Å². The Morgan fingerprint density at radius 3 is 2.75 bits per heavy atom. The highest BCUT2D eigenvalue weighted by Gasteiger charge is 2.09. The van der Waals surface area contributed by atoms with E-state index < -0.39 is 0 Å². The number of likely N-dealkylation sites (N-methyl/N-ethyl adjacent to an activating group) is 1. The van der Waals surface area contributed by atoms with Crippen molar-refractivity contribution in [3.05, 3.63) is 22.2 Å². The molecule has 0 saturated carbocycles. The maximum absolute atomic E-state index is 11.5. The van der Waals surface area contributed by atoms with Crippen LogP contribution in [-0.4, -0.2) is 34.8 Å². The Morgan fingerprint density at radius 2 is 2.25 bits per heavy atom. The zero-order valence-corrected chi connectivity index (χ0v) is 10.0. The monoisotopic (exact) mass is 225 g/mol. The maximum Gasteiger partial charge on any atom is 0.252 e. The van der Waals surface area contributed by atoms with Gasteiger partial charge in [-0.25, -0.2) is 4.98 Å². The molecule has 1 aromatic heterocycles. The first-order valence-electron chi connectivity index (χ1n) is 5.55. The molecule has 2 N–H and O–H groups in total. The van der Waals surface area contributed by atoms with Crippen LogP contribution in [0.15, 0.2) is 10.9 Å². The van der Waals surface area contributed by atoms with Crippen molar-refractivity contribution in [3.63, 3.8) is 0 Å². The van der Waals surface area contributed by atoms with Crippen LogP contribution in [0.3, 0.4) is 0 Å². The van der Waals surface area contributed by atoms with Gasteiger partial charge < -0.3 is 15.0 Å². The molecule has 90 valence electrons. The maximum atomic E-state index is 11.5. The van der Waals surface area contributed by atoms with Crippen LogP contribution in [0, 0.1) is 0 Å². The van der Waals surface area contributed by atoms with Gasteiger partial charge >= 0.3 is 0 Å². The first kappa shape index (κ1) is 12.7. The van der Waals surface area contributed by atoms with Gasteiger partial charge in [0, 0.05) is 25.1 Å². The summed E-state index contributed by atoms with van der Waals surface area (Å²) in [7, 11) is 0. The van der Waals surface area contributed by atoms with Gasteiger partial charge in [0.25, 0.3) is 5.56 Å². The molecule has 0 amide bonds. The molecule has 1 heterocycles. The molecule has 0 bridgehead atoms. The fourth-order valence-electron chi connectivity index (χ4n) is 1.45. The standard InChI is InChI=1S/C11H19N3O2/c1-4-14(5-6-15)9-7-10(16)13-11(12-9)8(2)3/h7-8,15H,4-6H2,1-3H3,(H,12,13,16). The molecule has 5 nitrogen and oxygen atoms in total. The minimum atomic E-state index is -0.148. The van der Waals surface area contributed by atoms with Crippen LogP contribution >= 0.6 is 0 Å². The summed E-state index contributed by atoms with van der Waals surface area (Å²) in [4.78, 5) is 20.4. The normalized spacial score (nSPS) is 10.8. The number of hydrogen-bond donors (Lipinski definition) is 2. The average Bonchev–Trinajstić information content (AvgIpc) is 2.24. The molecule has 5 heteroatoms. The summed E-state index contributed by atoms with van der Waals surface area (Å²) in [5.41, 5.74) is -0.148. The number of aromatic nitrogens is 2. The van der Waals surface area contributed by atoms with Crippen molar-refractivity contribution in [2.24, 2.45) is 0 Å². The molecule has 0 unspecified atom stereocenters. The summed E-state index contributed by atoms with van der Waals surface area (Å²) in [6.45, 7) is 7.18. The Hall–Kier alpha value is -1.36. The Kier molecular flexibility index (Phi) is 4.49. The first-order chi connectivity index (χ1) is 7.58. The number of aromatic amines is 1. The molecule has 1 rings (SSSR count). The molecule has 0 saturated heterocycles. The van der Waals surface area contributed by atoms with E-state index in [0.29, 0.717) is 24.7 Å². The van der Waals surface area contributed by atoms with Crippen molar-refractivity contribution >= 4 is 5.82 Å². The second kappa shape index (κ2) is 5.65. The van der Waals surface area contributed by atoms with Crippen molar-refractivity contribution in [1.29, 1.82) is 0 Å². The minimum Gasteiger partial charge on any atom is -0.395 e. The number of nitrogens with zero attached hydrogens (tertiary/aromatic N) is 2. The number of rotatable bonds is 5. The van der Waals surface area contributed by atoms with E-state index >= 15 is 0 Å². The van der Waals surface area contributed by atoms with E-state index in [2.05, 4.69) is 9.97 Å². The third kappa shape index (κ3) is 3.06. The molecule has 0 aliphatic carbocycles. The highest BCUT2D eigenvalue weighted by molar-refractivity contribution is 5.37. The molecular weight excluding hydrogens is 206 g/mol. The van der Waals surface area contributed by atoms with Crippen molar-refractivity contribution in [3.8, 4) is 0 Å². The van der Waals surface area contributed by atoms with Gasteiger partial charge in [0.1, 0.15) is 11.6 Å². The zero-order valence-electron chi connectivity index (χ0n) is 10.0. The van der Waals surface area contributed by atoms with E-state index in [-0.39, 0.29) is 18.1 Å². The van der Waals surface area contributed by atoms with Crippen molar-refractivity contribution < 1.29 is 5.11 Å². The summed E-state index contributed by atoms with van der Waals surface area (Å²) < 4.78 is 0. The Labute approximate surface area is 95.1 Å². The van der Waals surface area contributed by atoms with Gasteiger partial charge in [-0.05, 0) is 6.92 Å². The smallest absolute Gasteiger partial charge is 0.252 e. The number of aliphatic hydroxyl groups excluding tert-OH is 1. The predicted octanol–water partition coefficient (Wildman–Crippen LogP) is 0.712. The van der Waals surface area contributed by atoms with Crippen LogP contribution in [0.1, 0.15) is 32.5 Å². The van der Waals surface area contributed by atoms with Gasteiger partial charge in [-0.2, -0.15) is 0 Å². The average molecular weight is 225 g/mol. The Morgan fingerprint density at radius 1 is 1.56 bits per heavy atom. The third-order valence-corrected chi connectivity index (χ3v) is 2.37. The molecule has 0 aromatic carbocycles. The van der Waals surface area contributed by atoms with Gasteiger partial charge in [-0.3, -0.25) is 4.79 Å². The largest absolute Gasteiger partial charge is 0.395 e. The number of aliphatic hydroxyl groups is 1.